The number of halogens is 1. The van der Waals surface area contributed by atoms with Crippen molar-refractivity contribution in [1.29, 1.82) is 0 Å². The van der Waals surface area contributed by atoms with Crippen LogP contribution in [0.1, 0.15) is 25.0 Å². The van der Waals surface area contributed by atoms with Crippen LogP contribution in [0.5, 0.6) is 5.75 Å². The standard InChI is InChI=1S/C12H16ClNO4/c1-7(15)14-6-5-10(17)12(18)8-3-2-4-9(16)11(8)13/h2-4,10,12,16-18H,5-6H2,1H3,(H,14,15). The molecule has 0 saturated heterocycles. The molecular weight excluding hydrogens is 258 g/mol. The quantitative estimate of drug-likeness (QED) is 0.643. The Hall–Kier alpha value is -1.30. The normalized spacial score (nSPS) is 14.0. The van der Waals surface area contributed by atoms with Gasteiger partial charge in [-0.2, -0.15) is 0 Å². The van der Waals surface area contributed by atoms with Crippen LogP contribution in [0.2, 0.25) is 5.02 Å². The Morgan fingerprint density at radius 3 is 2.72 bits per heavy atom. The molecule has 1 rings (SSSR count). The van der Waals surface area contributed by atoms with Gasteiger partial charge in [0.15, 0.2) is 0 Å². The molecule has 0 aliphatic heterocycles. The molecule has 6 heteroatoms. The average molecular weight is 274 g/mol. The van der Waals surface area contributed by atoms with Crippen LogP contribution < -0.4 is 5.32 Å². The molecule has 0 saturated carbocycles. The molecule has 1 aromatic rings. The van der Waals surface area contributed by atoms with E-state index >= 15 is 0 Å². The lowest BCUT2D eigenvalue weighted by Gasteiger charge is -2.19. The molecule has 1 amide bonds. The Morgan fingerprint density at radius 1 is 1.44 bits per heavy atom. The third-order valence-corrected chi connectivity index (χ3v) is 2.92. The average Bonchev–Trinajstić information content (AvgIpc) is 2.31. The Morgan fingerprint density at radius 2 is 2.11 bits per heavy atom. The number of phenols is 1. The molecule has 5 nitrogen and oxygen atoms in total. The van der Waals surface area contributed by atoms with Gasteiger partial charge in [0.25, 0.3) is 0 Å². The highest BCUT2D eigenvalue weighted by molar-refractivity contribution is 6.32. The van der Waals surface area contributed by atoms with Gasteiger partial charge >= 0.3 is 0 Å². The van der Waals surface area contributed by atoms with E-state index in [1.165, 1.54) is 25.1 Å². The van der Waals surface area contributed by atoms with E-state index in [4.69, 9.17) is 11.6 Å². The van der Waals surface area contributed by atoms with Crippen LogP contribution in [-0.4, -0.2) is 33.9 Å². The molecule has 1 aromatic carbocycles. The van der Waals surface area contributed by atoms with E-state index in [0.717, 1.165) is 0 Å². The minimum Gasteiger partial charge on any atom is -0.506 e. The van der Waals surface area contributed by atoms with Crippen molar-refractivity contribution in [3.63, 3.8) is 0 Å². The number of carbonyl (C=O) groups is 1. The van der Waals surface area contributed by atoms with E-state index in [2.05, 4.69) is 5.32 Å². The summed E-state index contributed by atoms with van der Waals surface area (Å²) in [6.45, 7) is 1.62. The summed E-state index contributed by atoms with van der Waals surface area (Å²) in [6.07, 6.45) is -2.10. The fourth-order valence-electron chi connectivity index (χ4n) is 1.53. The molecule has 100 valence electrons. The van der Waals surface area contributed by atoms with E-state index in [0.29, 0.717) is 0 Å². The summed E-state index contributed by atoms with van der Waals surface area (Å²) < 4.78 is 0. The number of nitrogens with one attached hydrogen (secondary N) is 1. The molecule has 2 unspecified atom stereocenters. The van der Waals surface area contributed by atoms with Crippen molar-refractivity contribution in [3.8, 4) is 5.75 Å². The number of hydrogen-bond acceptors (Lipinski definition) is 4. The SMILES string of the molecule is CC(=O)NCCC(O)C(O)c1cccc(O)c1Cl. The Bertz CT molecular complexity index is 425. The molecule has 0 aliphatic carbocycles. The zero-order valence-corrected chi connectivity index (χ0v) is 10.7. The molecule has 0 bridgehead atoms. The van der Waals surface area contributed by atoms with Crippen molar-refractivity contribution >= 4 is 17.5 Å². The first-order valence-corrected chi connectivity index (χ1v) is 5.89. The van der Waals surface area contributed by atoms with Crippen molar-refractivity contribution in [2.24, 2.45) is 0 Å². The van der Waals surface area contributed by atoms with Crippen molar-refractivity contribution < 1.29 is 20.1 Å². The number of hydrogen-bond donors (Lipinski definition) is 4. The second-order valence-electron chi connectivity index (χ2n) is 3.96. The van der Waals surface area contributed by atoms with Gasteiger partial charge in [-0.15, -0.1) is 0 Å². The summed E-state index contributed by atoms with van der Waals surface area (Å²) in [6, 6.07) is 4.44. The number of amides is 1. The second-order valence-corrected chi connectivity index (χ2v) is 4.34. The van der Waals surface area contributed by atoms with Crippen LogP contribution >= 0.6 is 11.6 Å². The Balaban J connectivity index is 2.65. The predicted molar refractivity (Wildman–Crippen MR) is 67.4 cm³/mol. The molecule has 4 N–H and O–H groups in total. The molecule has 0 heterocycles. The number of benzene rings is 1. The minimum atomic E-state index is -1.21. The summed E-state index contributed by atoms with van der Waals surface area (Å²) in [5, 5.41) is 31.6. The monoisotopic (exact) mass is 273 g/mol. The van der Waals surface area contributed by atoms with Crippen molar-refractivity contribution in [1.82, 2.24) is 5.32 Å². The van der Waals surface area contributed by atoms with Crippen LogP contribution in [0, 0.1) is 0 Å². The first kappa shape index (κ1) is 14.8. The van der Waals surface area contributed by atoms with Gasteiger partial charge in [0.2, 0.25) is 5.91 Å². The van der Waals surface area contributed by atoms with Crippen molar-refractivity contribution in [2.75, 3.05) is 6.54 Å². The van der Waals surface area contributed by atoms with Gasteiger partial charge in [-0.05, 0) is 12.5 Å². The highest BCUT2D eigenvalue weighted by Crippen LogP contribution is 2.32. The van der Waals surface area contributed by atoms with Crippen molar-refractivity contribution in [3.05, 3.63) is 28.8 Å². The molecule has 2 atom stereocenters. The van der Waals surface area contributed by atoms with Crippen LogP contribution in [-0.2, 0) is 4.79 Å². The van der Waals surface area contributed by atoms with E-state index < -0.39 is 12.2 Å². The van der Waals surface area contributed by atoms with Crippen LogP contribution in [0.25, 0.3) is 0 Å². The van der Waals surface area contributed by atoms with Crippen LogP contribution in [0.15, 0.2) is 18.2 Å². The van der Waals surface area contributed by atoms with Gasteiger partial charge in [0, 0.05) is 19.0 Å². The summed E-state index contributed by atoms with van der Waals surface area (Å²) in [7, 11) is 0. The number of aliphatic hydroxyl groups is 2. The molecule has 18 heavy (non-hydrogen) atoms. The number of phenolic OH excluding ortho intramolecular Hbond substituents is 1. The predicted octanol–water partition coefficient (Wildman–Crippen LogP) is 0.966. The highest BCUT2D eigenvalue weighted by Gasteiger charge is 2.21. The molecule has 0 aromatic heterocycles. The third kappa shape index (κ3) is 3.87. The van der Waals surface area contributed by atoms with Gasteiger partial charge in [-0.3, -0.25) is 4.79 Å². The lowest BCUT2D eigenvalue weighted by Crippen LogP contribution is -2.27. The second kappa shape index (κ2) is 6.58. The zero-order chi connectivity index (χ0) is 13.7. The Labute approximate surface area is 110 Å². The maximum atomic E-state index is 10.7. The summed E-state index contributed by atoms with van der Waals surface area (Å²) in [5.74, 6) is -0.352. The topological polar surface area (TPSA) is 89.8 Å². The Kier molecular flexibility index (Phi) is 5.40. The lowest BCUT2D eigenvalue weighted by atomic mass is 10.0. The first-order chi connectivity index (χ1) is 8.43. The van der Waals surface area contributed by atoms with Gasteiger partial charge in [-0.25, -0.2) is 0 Å². The smallest absolute Gasteiger partial charge is 0.216 e. The largest absolute Gasteiger partial charge is 0.506 e. The van der Waals surface area contributed by atoms with E-state index in [1.54, 1.807) is 0 Å². The molecule has 0 radical (unpaired) electrons. The van der Waals surface area contributed by atoms with Gasteiger partial charge < -0.3 is 20.6 Å². The maximum absolute atomic E-state index is 10.7. The first-order valence-electron chi connectivity index (χ1n) is 5.51. The fraction of sp³-hybridized carbons (Fsp3) is 0.417. The fourth-order valence-corrected chi connectivity index (χ4v) is 1.76. The summed E-state index contributed by atoms with van der Waals surface area (Å²) in [5.41, 5.74) is 0.256. The molecule has 0 fully saturated rings. The molecular formula is C12H16ClNO4. The van der Waals surface area contributed by atoms with E-state index in [1.807, 2.05) is 0 Å². The van der Waals surface area contributed by atoms with Crippen LogP contribution in [0.4, 0.5) is 0 Å². The summed E-state index contributed by atoms with van der Waals surface area (Å²) >= 11 is 5.83. The highest BCUT2D eigenvalue weighted by atomic mass is 35.5. The van der Waals surface area contributed by atoms with E-state index in [9.17, 15) is 20.1 Å². The lowest BCUT2D eigenvalue weighted by molar-refractivity contribution is -0.119. The third-order valence-electron chi connectivity index (χ3n) is 2.51. The zero-order valence-electron chi connectivity index (χ0n) is 9.93. The van der Waals surface area contributed by atoms with Gasteiger partial charge in [0.1, 0.15) is 11.9 Å². The van der Waals surface area contributed by atoms with E-state index in [-0.39, 0.29) is 35.2 Å². The number of aliphatic hydroxyl groups excluding tert-OH is 2. The minimum absolute atomic E-state index is 0.0172. The molecule has 0 aliphatic rings. The van der Waals surface area contributed by atoms with Gasteiger partial charge in [0.05, 0.1) is 11.1 Å². The summed E-state index contributed by atoms with van der Waals surface area (Å²) in [4.78, 5) is 10.7. The van der Waals surface area contributed by atoms with Crippen LogP contribution in [0.3, 0.4) is 0 Å². The van der Waals surface area contributed by atoms with Crippen molar-refractivity contribution in [2.45, 2.75) is 25.6 Å². The van der Waals surface area contributed by atoms with Gasteiger partial charge in [-0.1, -0.05) is 23.7 Å². The number of aromatic hydroxyl groups is 1. The molecule has 0 spiro atoms. The maximum Gasteiger partial charge on any atom is 0.216 e. The number of rotatable bonds is 5. The number of carbonyl (C=O) groups excluding carboxylic acids is 1.